The van der Waals surface area contributed by atoms with Crippen molar-refractivity contribution in [2.24, 2.45) is 0 Å². The normalized spacial score (nSPS) is 11.0. The first kappa shape index (κ1) is 14.8. The van der Waals surface area contributed by atoms with Crippen LogP contribution in [0.4, 0.5) is 5.13 Å². The predicted molar refractivity (Wildman–Crippen MR) is 83.6 cm³/mol. The van der Waals surface area contributed by atoms with Gasteiger partial charge in [-0.05, 0) is 12.5 Å². The van der Waals surface area contributed by atoms with Crippen molar-refractivity contribution in [1.29, 1.82) is 0 Å². The van der Waals surface area contributed by atoms with Crippen LogP contribution < -0.4 is 10.9 Å². The molecule has 0 fully saturated rings. The molecule has 0 unspecified atom stereocenters. The fourth-order valence-corrected chi connectivity index (χ4v) is 3.69. The Hall–Kier alpha value is -2.17. The van der Waals surface area contributed by atoms with Crippen LogP contribution in [0.2, 0.25) is 0 Å². The van der Waals surface area contributed by atoms with Crippen LogP contribution in [0.5, 0.6) is 0 Å². The van der Waals surface area contributed by atoms with Crippen molar-refractivity contribution in [3.05, 3.63) is 32.1 Å². The Morgan fingerprint density at radius 3 is 2.95 bits per heavy atom. The number of H-pyrrole nitrogens is 1. The largest absolute Gasteiger partial charge is 0.377 e. The molecular formula is C12H11N5O3S2. The fourth-order valence-electron chi connectivity index (χ4n) is 1.93. The van der Waals surface area contributed by atoms with E-state index in [4.69, 9.17) is 4.74 Å². The second-order valence-electron chi connectivity index (χ2n) is 4.36. The lowest BCUT2D eigenvalue weighted by Crippen LogP contribution is -2.12. The lowest BCUT2D eigenvalue weighted by atomic mass is 10.2. The van der Waals surface area contributed by atoms with Crippen LogP contribution in [0.15, 0.2) is 11.1 Å². The lowest BCUT2D eigenvalue weighted by Gasteiger charge is -1.99. The Morgan fingerprint density at radius 1 is 1.41 bits per heavy atom. The van der Waals surface area contributed by atoms with E-state index in [1.165, 1.54) is 29.0 Å². The van der Waals surface area contributed by atoms with Gasteiger partial charge in [-0.15, -0.1) is 21.5 Å². The van der Waals surface area contributed by atoms with Crippen molar-refractivity contribution in [1.82, 2.24) is 20.2 Å². The van der Waals surface area contributed by atoms with Crippen LogP contribution in [0.1, 0.15) is 20.2 Å². The molecule has 8 nitrogen and oxygen atoms in total. The van der Waals surface area contributed by atoms with Crippen LogP contribution in [0.3, 0.4) is 0 Å². The predicted octanol–water partition coefficient (Wildman–Crippen LogP) is 1.54. The summed E-state index contributed by atoms with van der Waals surface area (Å²) in [4.78, 5) is 31.7. The van der Waals surface area contributed by atoms with Crippen molar-refractivity contribution in [3.8, 4) is 0 Å². The minimum absolute atomic E-state index is 0.254. The molecule has 3 rings (SSSR count). The number of amides is 1. The number of aromatic nitrogens is 4. The van der Waals surface area contributed by atoms with Crippen LogP contribution >= 0.6 is 22.7 Å². The lowest BCUT2D eigenvalue weighted by molar-refractivity contribution is 0.103. The number of hydrogen-bond acceptors (Lipinski definition) is 8. The molecule has 10 heteroatoms. The third-order valence-electron chi connectivity index (χ3n) is 2.89. The maximum atomic E-state index is 12.3. The third kappa shape index (κ3) is 2.63. The number of hydrogen-bond donors (Lipinski definition) is 2. The topological polar surface area (TPSA) is 110 Å². The molecule has 0 saturated carbocycles. The highest BCUT2D eigenvalue weighted by Crippen LogP contribution is 2.27. The molecular weight excluding hydrogens is 326 g/mol. The number of thiophene rings is 1. The number of methoxy groups -OCH3 is 1. The molecule has 2 N–H and O–H groups in total. The maximum absolute atomic E-state index is 12.3. The second-order valence-corrected chi connectivity index (χ2v) is 6.42. The van der Waals surface area contributed by atoms with Gasteiger partial charge in [0.15, 0.2) is 0 Å². The number of ether oxygens (including phenoxy) is 1. The molecule has 0 aliphatic carbocycles. The number of aromatic amines is 1. The quantitative estimate of drug-likeness (QED) is 0.747. The summed E-state index contributed by atoms with van der Waals surface area (Å²) >= 11 is 2.41. The summed E-state index contributed by atoms with van der Waals surface area (Å²) in [7, 11) is 1.56. The number of nitrogens with zero attached hydrogens (tertiary/aromatic N) is 3. The highest BCUT2D eigenvalue weighted by atomic mass is 32.1. The first-order chi connectivity index (χ1) is 10.6. The van der Waals surface area contributed by atoms with Gasteiger partial charge < -0.3 is 9.72 Å². The average molecular weight is 337 g/mol. The van der Waals surface area contributed by atoms with Gasteiger partial charge in [0.25, 0.3) is 11.5 Å². The maximum Gasteiger partial charge on any atom is 0.267 e. The Bertz CT molecular complexity index is 898. The van der Waals surface area contributed by atoms with Gasteiger partial charge in [0.2, 0.25) is 5.13 Å². The summed E-state index contributed by atoms with van der Waals surface area (Å²) in [5, 5.41) is 12.0. The van der Waals surface area contributed by atoms with Gasteiger partial charge in [-0.1, -0.05) is 11.3 Å². The smallest absolute Gasteiger partial charge is 0.267 e. The first-order valence-corrected chi connectivity index (χ1v) is 7.83. The molecule has 114 valence electrons. The molecule has 0 spiro atoms. The highest BCUT2D eigenvalue weighted by molar-refractivity contribution is 7.21. The molecule has 0 aliphatic heterocycles. The molecule has 3 aromatic rings. The van der Waals surface area contributed by atoms with Crippen molar-refractivity contribution in [3.63, 3.8) is 0 Å². The SMILES string of the molecule is COCc1nnc(NC(=O)c2sc3nc[nH]c(=O)c3c2C)s1. The second kappa shape index (κ2) is 5.91. The standard InChI is InChI=1S/C12H11N5O3S2/c1-5-7-9(18)13-4-14-11(7)22-8(5)10(19)15-12-17-16-6(21-12)3-20-2/h4H,3H2,1-2H3,(H,13,14,18)(H,15,17,19). The molecule has 0 aliphatic rings. The minimum atomic E-state index is -0.333. The molecule has 0 saturated heterocycles. The van der Waals surface area contributed by atoms with Crippen molar-refractivity contribution < 1.29 is 9.53 Å². The fraction of sp³-hybridized carbons (Fsp3) is 0.250. The third-order valence-corrected chi connectivity index (χ3v) is 4.90. The Kier molecular flexibility index (Phi) is 3.96. The van der Waals surface area contributed by atoms with E-state index in [1.807, 2.05) is 0 Å². The van der Waals surface area contributed by atoms with Crippen LogP contribution in [-0.2, 0) is 11.3 Å². The van der Waals surface area contributed by atoms with Gasteiger partial charge in [0.05, 0.1) is 16.6 Å². The molecule has 0 radical (unpaired) electrons. The van der Waals surface area contributed by atoms with Crippen molar-refractivity contribution in [2.75, 3.05) is 12.4 Å². The number of aryl methyl sites for hydroxylation is 1. The molecule has 22 heavy (non-hydrogen) atoms. The molecule has 3 aromatic heterocycles. The van der Waals surface area contributed by atoms with E-state index >= 15 is 0 Å². The molecule has 0 aromatic carbocycles. The number of rotatable bonds is 4. The van der Waals surface area contributed by atoms with E-state index in [1.54, 1.807) is 14.0 Å². The first-order valence-electron chi connectivity index (χ1n) is 6.19. The van der Waals surface area contributed by atoms with E-state index in [-0.39, 0.29) is 11.5 Å². The van der Waals surface area contributed by atoms with E-state index < -0.39 is 0 Å². The van der Waals surface area contributed by atoms with Crippen LogP contribution in [0, 0.1) is 6.92 Å². The zero-order valence-corrected chi connectivity index (χ0v) is 13.3. The monoisotopic (exact) mass is 337 g/mol. The van der Waals surface area contributed by atoms with Gasteiger partial charge in [-0.25, -0.2) is 4.98 Å². The number of nitrogens with one attached hydrogen (secondary N) is 2. The zero-order valence-electron chi connectivity index (χ0n) is 11.7. The summed E-state index contributed by atoms with van der Waals surface area (Å²) in [5.41, 5.74) is 0.351. The number of carbonyl (C=O) groups excluding carboxylic acids is 1. The van der Waals surface area contributed by atoms with Crippen molar-refractivity contribution >= 4 is 43.9 Å². The van der Waals surface area contributed by atoms with Crippen LogP contribution in [0.25, 0.3) is 10.2 Å². The summed E-state index contributed by atoms with van der Waals surface area (Å²) in [5.74, 6) is -0.333. The molecule has 3 heterocycles. The Morgan fingerprint density at radius 2 is 2.23 bits per heavy atom. The van der Waals surface area contributed by atoms with E-state index in [0.29, 0.717) is 37.4 Å². The molecule has 1 amide bonds. The summed E-state index contributed by atoms with van der Waals surface area (Å²) in [6.07, 6.45) is 1.32. The minimum Gasteiger partial charge on any atom is -0.377 e. The summed E-state index contributed by atoms with van der Waals surface area (Å²) in [6.45, 7) is 2.07. The van der Waals surface area contributed by atoms with Gasteiger partial charge in [0, 0.05) is 7.11 Å². The zero-order chi connectivity index (χ0) is 15.7. The number of anilines is 1. The van der Waals surface area contributed by atoms with E-state index in [0.717, 1.165) is 0 Å². The molecule has 0 bridgehead atoms. The van der Waals surface area contributed by atoms with Gasteiger partial charge in [-0.3, -0.25) is 14.9 Å². The Labute approximate surface area is 132 Å². The molecule has 0 atom stereocenters. The average Bonchev–Trinajstić information content (AvgIpc) is 3.05. The number of fused-ring (bicyclic) bond motifs is 1. The van der Waals surface area contributed by atoms with Crippen LogP contribution in [-0.4, -0.2) is 33.2 Å². The Balaban J connectivity index is 1.90. The summed E-state index contributed by atoms with van der Waals surface area (Å²) < 4.78 is 4.95. The summed E-state index contributed by atoms with van der Waals surface area (Å²) in [6, 6.07) is 0. The van der Waals surface area contributed by atoms with E-state index in [2.05, 4.69) is 25.5 Å². The van der Waals surface area contributed by atoms with E-state index in [9.17, 15) is 9.59 Å². The number of carbonyl (C=O) groups is 1. The highest BCUT2D eigenvalue weighted by Gasteiger charge is 2.19. The van der Waals surface area contributed by atoms with Gasteiger partial charge >= 0.3 is 0 Å². The van der Waals surface area contributed by atoms with Gasteiger partial charge in [-0.2, -0.15) is 0 Å². The van der Waals surface area contributed by atoms with Crippen molar-refractivity contribution in [2.45, 2.75) is 13.5 Å². The van der Waals surface area contributed by atoms with Gasteiger partial charge in [0.1, 0.15) is 16.4 Å².